The quantitative estimate of drug-likeness (QED) is 0.533. The Morgan fingerprint density at radius 3 is 1.80 bits per heavy atom. The van der Waals surface area contributed by atoms with Gasteiger partial charge in [-0.05, 0) is 0 Å². The third-order valence-corrected chi connectivity index (χ3v) is 6.55. The summed E-state index contributed by atoms with van der Waals surface area (Å²) in [4.78, 5) is 10.3. The molecule has 0 N–H and O–H groups in total. The summed E-state index contributed by atoms with van der Waals surface area (Å²) in [5.41, 5.74) is -0.655. The zero-order chi connectivity index (χ0) is 8.36. The molecule has 0 aliphatic heterocycles. The molecule has 0 amide bonds. The molecule has 0 rings (SSSR count). The van der Waals surface area contributed by atoms with Gasteiger partial charge in [0.05, 0.1) is 0 Å². The van der Waals surface area contributed by atoms with Crippen LogP contribution in [0, 0.1) is 0 Å². The van der Waals surface area contributed by atoms with Gasteiger partial charge in [-0.1, -0.05) is 0 Å². The van der Waals surface area contributed by atoms with Gasteiger partial charge in [0.2, 0.25) is 0 Å². The zero-order valence-corrected chi connectivity index (χ0v) is 9.85. The van der Waals surface area contributed by atoms with E-state index in [-0.39, 0.29) is 0 Å². The van der Waals surface area contributed by atoms with Crippen LogP contribution in [0.25, 0.3) is 0 Å². The number of hydrogen-bond acceptors (Lipinski definition) is 1. The Morgan fingerprint density at radius 2 is 1.80 bits per heavy atom. The van der Waals surface area contributed by atoms with Gasteiger partial charge in [0.1, 0.15) is 0 Å². The Bertz CT molecular complexity index is 169. The van der Waals surface area contributed by atoms with Gasteiger partial charge in [0.25, 0.3) is 0 Å². The molecule has 0 aliphatic rings. The van der Waals surface area contributed by atoms with E-state index in [1.807, 2.05) is 5.94 Å². The van der Waals surface area contributed by atoms with Gasteiger partial charge >= 0.3 is 74.0 Å². The van der Waals surface area contributed by atoms with E-state index in [2.05, 4.69) is 17.3 Å². The summed E-state index contributed by atoms with van der Waals surface area (Å²) in [6.07, 6.45) is 0. The molecule has 0 aliphatic carbocycles. The predicted molar refractivity (Wildman–Crippen MR) is 50.0 cm³/mol. The average Bonchev–Trinajstić information content (AvgIpc) is 1.60. The Balaban J connectivity index is 4.57. The minimum atomic E-state index is -2.09. The summed E-state index contributed by atoms with van der Waals surface area (Å²) in [7, 11) is 0. The van der Waals surface area contributed by atoms with E-state index in [9.17, 15) is 4.79 Å². The molecule has 56 valence electrons. The molecular weight excluding hydrogens is 230 g/mol. The molecule has 0 aromatic rings. The van der Waals surface area contributed by atoms with Crippen LogP contribution in [0.5, 0.6) is 0 Å². The van der Waals surface area contributed by atoms with Crippen LogP contribution in [0.4, 0.5) is 0 Å². The fourth-order valence-electron chi connectivity index (χ4n) is 0.525. The fourth-order valence-corrected chi connectivity index (χ4v) is 6.03. The van der Waals surface area contributed by atoms with Crippen LogP contribution >= 0.6 is 22.9 Å². The van der Waals surface area contributed by atoms with Crippen molar-refractivity contribution < 1.29 is 4.79 Å². The molecule has 1 nitrogen and oxygen atoms in total. The first-order valence-corrected chi connectivity index (χ1v) is 11.1. The van der Waals surface area contributed by atoms with Crippen molar-refractivity contribution in [2.45, 2.75) is 17.3 Å². The molecule has 0 radical (unpaired) electrons. The first-order valence-electron chi connectivity index (χ1n) is 2.93. The summed E-state index contributed by atoms with van der Waals surface area (Å²) in [5, 5.41) is 0. The van der Waals surface area contributed by atoms with Crippen LogP contribution in [0.15, 0.2) is 4.30 Å². The summed E-state index contributed by atoms with van der Waals surface area (Å²) in [6, 6.07) is 0. The van der Waals surface area contributed by atoms with E-state index in [1.165, 1.54) is 0 Å². The third kappa shape index (κ3) is 3.15. The minimum absolute atomic E-state index is 0.586. The van der Waals surface area contributed by atoms with E-state index >= 15 is 0 Å². The van der Waals surface area contributed by atoms with E-state index in [0.29, 0.717) is 4.30 Å². The molecule has 0 saturated carbocycles. The van der Waals surface area contributed by atoms with Gasteiger partial charge in [-0.25, -0.2) is 0 Å². The molecule has 0 fully saturated rings. The van der Waals surface area contributed by atoms with E-state index in [0.717, 1.165) is 0 Å². The van der Waals surface area contributed by atoms with Crippen LogP contribution in [0.3, 0.4) is 0 Å². The van der Waals surface area contributed by atoms with E-state index in [4.69, 9.17) is 22.9 Å². The predicted octanol–water partition coefficient (Wildman–Crippen LogP) is 2.13. The fraction of sp³-hybridized carbons (Fsp3) is 0.600. The molecule has 10 heavy (non-hydrogen) atoms. The Kier molecular flexibility index (Phi) is 4.11. The Hall–Kier alpha value is 0.638. The second kappa shape index (κ2) is 3.87. The van der Waals surface area contributed by atoms with Crippen molar-refractivity contribution in [1.82, 2.24) is 0 Å². The summed E-state index contributed by atoms with van der Waals surface area (Å²) in [6.45, 7) is 0. The van der Waals surface area contributed by atoms with Gasteiger partial charge in [-0.2, -0.15) is 0 Å². The van der Waals surface area contributed by atoms with E-state index in [1.54, 1.807) is 0 Å². The van der Waals surface area contributed by atoms with Crippen molar-refractivity contribution in [2.75, 3.05) is 0 Å². The molecule has 0 aromatic carbocycles. The molecule has 0 unspecified atom stereocenters. The summed E-state index contributed by atoms with van der Waals surface area (Å²) < 4.78 is 0.586. The van der Waals surface area contributed by atoms with Gasteiger partial charge in [-0.15, -0.1) is 0 Å². The first-order chi connectivity index (χ1) is 4.39. The third-order valence-electron chi connectivity index (χ3n) is 1.14. The molecular formula is C5H9BCl2GeO. The van der Waals surface area contributed by atoms with Crippen LogP contribution in [0.1, 0.15) is 0 Å². The molecule has 0 bridgehead atoms. The average molecular weight is 239 g/mol. The number of hydrogen-bond donors (Lipinski definition) is 0. The summed E-state index contributed by atoms with van der Waals surface area (Å²) in [5.74, 6) is 7.99. The van der Waals surface area contributed by atoms with Crippen molar-refractivity contribution in [2.24, 2.45) is 0 Å². The normalized spacial score (nSPS) is 10.5. The Labute approximate surface area is 74.0 Å². The molecule has 5 heteroatoms. The van der Waals surface area contributed by atoms with Crippen LogP contribution in [-0.4, -0.2) is 24.8 Å². The maximum atomic E-state index is 10.3. The number of halogens is 2. The van der Waals surface area contributed by atoms with Crippen LogP contribution < -0.4 is 0 Å². The number of carbonyl (C=O) groups excluding carboxylic acids is 1. The second-order valence-electron chi connectivity index (χ2n) is 3.07. The van der Waals surface area contributed by atoms with Crippen molar-refractivity contribution in [3.05, 3.63) is 4.30 Å². The van der Waals surface area contributed by atoms with Crippen molar-refractivity contribution in [1.29, 1.82) is 0 Å². The van der Waals surface area contributed by atoms with Gasteiger partial charge in [0, 0.05) is 0 Å². The SMILES string of the molecule is [CH3][Ge]([CH3])([CH3])[C](=C=O)B(Cl)Cl. The molecule has 0 heterocycles. The first kappa shape index (κ1) is 10.6. The topological polar surface area (TPSA) is 17.1 Å². The van der Waals surface area contributed by atoms with Crippen molar-refractivity contribution in [3.8, 4) is 0 Å². The number of rotatable bonds is 2. The van der Waals surface area contributed by atoms with Crippen LogP contribution in [-0.2, 0) is 4.79 Å². The molecule has 0 saturated heterocycles. The molecule has 0 aromatic heterocycles. The second-order valence-corrected chi connectivity index (χ2v) is 14.7. The van der Waals surface area contributed by atoms with E-state index < -0.39 is 18.8 Å². The maximum absolute atomic E-state index is 10.3. The molecule has 0 spiro atoms. The standard InChI is InChI=1S/C5H9BCl2GeO/c1-9(2,3)5(4-10)6(7)8/h1-3H3. The van der Waals surface area contributed by atoms with Crippen molar-refractivity contribution >= 4 is 47.7 Å². The zero-order valence-electron chi connectivity index (χ0n) is 6.24. The summed E-state index contributed by atoms with van der Waals surface area (Å²) >= 11 is 8.99. The van der Waals surface area contributed by atoms with Gasteiger partial charge in [0.15, 0.2) is 0 Å². The monoisotopic (exact) mass is 240 g/mol. The Morgan fingerprint density at radius 1 is 1.40 bits per heavy atom. The molecule has 0 atom stereocenters. The van der Waals surface area contributed by atoms with Crippen LogP contribution in [0.2, 0.25) is 17.3 Å². The van der Waals surface area contributed by atoms with Gasteiger partial charge < -0.3 is 0 Å². The van der Waals surface area contributed by atoms with Crippen molar-refractivity contribution in [3.63, 3.8) is 0 Å². The van der Waals surface area contributed by atoms with Gasteiger partial charge in [-0.3, -0.25) is 0 Å².